The van der Waals surface area contributed by atoms with Gasteiger partial charge < -0.3 is 4.74 Å². The molecule has 0 aliphatic heterocycles. The molecule has 0 aromatic heterocycles. The number of nitrogens with one attached hydrogen (secondary N) is 1. The zero-order valence-corrected chi connectivity index (χ0v) is 8.75. The van der Waals surface area contributed by atoms with Crippen molar-refractivity contribution in [2.45, 2.75) is 13.3 Å². The van der Waals surface area contributed by atoms with Crippen molar-refractivity contribution in [3.8, 4) is 6.07 Å². The van der Waals surface area contributed by atoms with Crippen molar-refractivity contribution in [1.29, 1.82) is 5.26 Å². The van der Waals surface area contributed by atoms with Crippen LogP contribution in [0.2, 0.25) is 0 Å². The summed E-state index contributed by atoms with van der Waals surface area (Å²) in [6, 6.07) is 1.93. The fourth-order valence-corrected chi connectivity index (χ4v) is 1.13. The molecule has 1 unspecified atom stereocenters. The Balaban J connectivity index is 3.29. The summed E-state index contributed by atoms with van der Waals surface area (Å²) in [7, 11) is -1.88. The maximum atomic E-state index is 11.0. The lowest BCUT2D eigenvalue weighted by molar-refractivity contribution is -0.147. The molecule has 0 saturated heterocycles. The molecule has 0 saturated carbocycles. The van der Waals surface area contributed by atoms with Gasteiger partial charge in [0.15, 0.2) is 0 Å². The van der Waals surface area contributed by atoms with Crippen molar-refractivity contribution in [2.24, 2.45) is 0 Å². The molecule has 1 atom stereocenters. The Morgan fingerprint density at radius 2 is 2.36 bits per heavy atom. The van der Waals surface area contributed by atoms with Crippen LogP contribution in [-0.4, -0.2) is 25.6 Å². The zero-order chi connectivity index (χ0) is 10.8. The third-order valence-corrected chi connectivity index (χ3v) is 1.99. The van der Waals surface area contributed by atoms with E-state index in [0.29, 0.717) is 13.0 Å². The summed E-state index contributed by atoms with van der Waals surface area (Å²) < 4.78 is 20.0. The molecule has 1 N–H and O–H groups in total. The summed E-state index contributed by atoms with van der Waals surface area (Å²) in [5, 5.41) is 10.9. The maximum absolute atomic E-state index is 11.0. The highest BCUT2D eigenvalue weighted by atomic mass is 31.1. The minimum atomic E-state index is -1.88. The Labute approximate surface area is 83.1 Å². The number of nitrogens with zero attached hydrogens (tertiary/aromatic N) is 1. The van der Waals surface area contributed by atoms with Crippen molar-refractivity contribution in [1.82, 2.24) is 5.32 Å². The molecule has 0 aromatic rings. The summed E-state index contributed by atoms with van der Waals surface area (Å²) in [4.78, 5) is 10.3. The van der Waals surface area contributed by atoms with E-state index in [0.717, 1.165) is 0 Å². The van der Waals surface area contributed by atoms with Crippen LogP contribution in [0.5, 0.6) is 0 Å². The number of carbonyl (C=O) groups excluding carboxylic acids is 1. The second kappa shape index (κ2) is 8.57. The molecule has 0 heterocycles. The molecular weight excluding hydrogens is 207 g/mol. The molecule has 0 radical (unpaired) electrons. The van der Waals surface area contributed by atoms with E-state index < -0.39 is 14.0 Å². The van der Waals surface area contributed by atoms with Gasteiger partial charge in [0.05, 0.1) is 6.07 Å². The van der Waals surface area contributed by atoms with Crippen LogP contribution in [0.3, 0.4) is 0 Å². The minimum absolute atomic E-state index is 0.151. The van der Waals surface area contributed by atoms with Crippen molar-refractivity contribution in [3.05, 3.63) is 0 Å². The Morgan fingerprint density at radius 3 is 2.93 bits per heavy atom. The molecular formula is C7H12N2O4P+. The highest BCUT2D eigenvalue weighted by Gasteiger charge is 2.16. The molecule has 0 bridgehead atoms. The van der Waals surface area contributed by atoms with Crippen molar-refractivity contribution < 1.29 is 18.6 Å². The van der Waals surface area contributed by atoms with Crippen LogP contribution in [0.15, 0.2) is 0 Å². The molecule has 0 fully saturated rings. The molecule has 0 spiro atoms. The Hall–Kier alpha value is -1.02. The van der Waals surface area contributed by atoms with Gasteiger partial charge in [-0.25, -0.2) is 0 Å². The summed E-state index contributed by atoms with van der Waals surface area (Å²) in [5.74, 6) is -0.481. The van der Waals surface area contributed by atoms with Gasteiger partial charge in [0.25, 0.3) is 0 Å². The van der Waals surface area contributed by atoms with Crippen molar-refractivity contribution in [2.75, 3.05) is 19.6 Å². The van der Waals surface area contributed by atoms with E-state index in [1.165, 1.54) is 6.92 Å². The quantitative estimate of drug-likeness (QED) is 0.294. The second-order valence-electron chi connectivity index (χ2n) is 2.28. The number of carbonyl (C=O) groups is 1. The van der Waals surface area contributed by atoms with Crippen LogP contribution in [0, 0.1) is 11.3 Å². The second-order valence-corrected chi connectivity index (χ2v) is 3.52. The average Bonchev–Trinajstić information content (AvgIpc) is 2.12. The van der Waals surface area contributed by atoms with Gasteiger partial charge in [-0.3, -0.25) is 10.1 Å². The predicted molar refractivity (Wildman–Crippen MR) is 48.4 cm³/mol. The third kappa shape index (κ3) is 9.07. The summed E-state index contributed by atoms with van der Waals surface area (Å²) in [5.41, 5.74) is 0. The molecule has 0 aliphatic rings. The topological polar surface area (TPSA) is 88.4 Å². The van der Waals surface area contributed by atoms with Gasteiger partial charge in [0, 0.05) is 19.9 Å². The smallest absolute Gasteiger partial charge is 0.434 e. The lowest BCUT2D eigenvalue weighted by Gasteiger charge is -1.94. The highest BCUT2D eigenvalue weighted by molar-refractivity contribution is 7.39. The SMILES string of the molecule is CC(=O)OCO[P+](=O)CNCCC#N. The molecule has 0 amide bonds. The monoisotopic (exact) mass is 219 g/mol. The van der Waals surface area contributed by atoms with Gasteiger partial charge in [0.1, 0.15) is 0 Å². The number of esters is 1. The van der Waals surface area contributed by atoms with Crippen LogP contribution >= 0.6 is 8.03 Å². The molecule has 78 valence electrons. The largest absolute Gasteiger partial charge is 0.527 e. The Kier molecular flexibility index (Phi) is 7.95. The van der Waals surface area contributed by atoms with Gasteiger partial charge in [0.2, 0.25) is 13.1 Å². The van der Waals surface area contributed by atoms with Gasteiger partial charge in [-0.15, -0.1) is 4.52 Å². The van der Waals surface area contributed by atoms with Crippen LogP contribution < -0.4 is 5.32 Å². The lowest BCUT2D eigenvalue weighted by atomic mass is 10.5. The van der Waals surface area contributed by atoms with Crippen molar-refractivity contribution in [3.63, 3.8) is 0 Å². The van der Waals surface area contributed by atoms with Gasteiger partial charge >= 0.3 is 14.0 Å². The standard InChI is InChI=1S/C7H12N2O4P/c1-7(10)12-6-13-14(11)5-9-4-2-3-8/h9H,2,4-6H2,1H3/q+1. The van der Waals surface area contributed by atoms with E-state index in [2.05, 4.69) is 14.6 Å². The van der Waals surface area contributed by atoms with E-state index in [1.54, 1.807) is 0 Å². The lowest BCUT2D eigenvalue weighted by Crippen LogP contribution is -2.14. The summed E-state index contributed by atoms with van der Waals surface area (Å²) >= 11 is 0. The van der Waals surface area contributed by atoms with Crippen LogP contribution in [0.4, 0.5) is 0 Å². The third-order valence-electron chi connectivity index (χ3n) is 1.11. The first kappa shape index (κ1) is 13.0. The number of ether oxygens (including phenoxy) is 1. The molecule has 7 heteroatoms. The van der Waals surface area contributed by atoms with Gasteiger partial charge in [-0.05, 0) is 4.57 Å². The zero-order valence-electron chi connectivity index (χ0n) is 7.86. The van der Waals surface area contributed by atoms with E-state index >= 15 is 0 Å². The van der Waals surface area contributed by atoms with Crippen LogP contribution in [0.1, 0.15) is 13.3 Å². The first-order valence-electron chi connectivity index (χ1n) is 3.95. The van der Waals surface area contributed by atoms with Crippen LogP contribution in [0.25, 0.3) is 0 Å². The van der Waals surface area contributed by atoms with E-state index in [1.807, 2.05) is 6.07 Å². The fraction of sp³-hybridized carbons (Fsp3) is 0.714. The van der Waals surface area contributed by atoms with Gasteiger partial charge in [-0.2, -0.15) is 5.26 Å². The van der Waals surface area contributed by atoms with E-state index in [4.69, 9.17) is 5.26 Å². The molecule has 0 aliphatic carbocycles. The molecule has 0 rings (SSSR count). The van der Waals surface area contributed by atoms with Gasteiger partial charge in [-0.1, -0.05) is 0 Å². The van der Waals surface area contributed by atoms with Crippen LogP contribution in [-0.2, 0) is 18.6 Å². The van der Waals surface area contributed by atoms with E-state index in [9.17, 15) is 9.36 Å². The summed E-state index contributed by atoms with van der Waals surface area (Å²) in [6.07, 6.45) is 0.505. The highest BCUT2D eigenvalue weighted by Crippen LogP contribution is 2.19. The number of hydrogen-bond acceptors (Lipinski definition) is 6. The maximum Gasteiger partial charge on any atom is 0.527 e. The number of hydrogen-bond donors (Lipinski definition) is 1. The molecule has 6 nitrogen and oxygen atoms in total. The average molecular weight is 219 g/mol. The molecule has 14 heavy (non-hydrogen) atoms. The molecule has 0 aromatic carbocycles. The number of rotatable bonds is 7. The van der Waals surface area contributed by atoms with E-state index in [-0.39, 0.29) is 13.1 Å². The Bertz CT molecular complexity index is 238. The first-order chi connectivity index (χ1) is 6.66. The fourth-order valence-electron chi connectivity index (χ4n) is 0.528. The number of nitriles is 1. The summed E-state index contributed by atoms with van der Waals surface area (Å²) in [6.45, 7) is 1.40. The van der Waals surface area contributed by atoms with Crippen molar-refractivity contribution >= 4 is 14.0 Å². The normalized spacial score (nSPS) is 10.4. The minimum Gasteiger partial charge on any atom is -0.434 e. The first-order valence-corrected chi connectivity index (χ1v) is 5.31. The predicted octanol–water partition coefficient (Wildman–Crippen LogP) is 0.727. The Morgan fingerprint density at radius 1 is 1.64 bits per heavy atom.